The van der Waals surface area contributed by atoms with Crippen molar-refractivity contribution in [2.24, 2.45) is 5.73 Å². The van der Waals surface area contributed by atoms with E-state index in [0.717, 1.165) is 25.8 Å². The summed E-state index contributed by atoms with van der Waals surface area (Å²) in [6.07, 6.45) is 5.29. The van der Waals surface area contributed by atoms with Crippen LogP contribution < -0.4 is 11.1 Å². The number of nitrogens with two attached hydrogens (primary N) is 1. The number of carboxylic acids is 1. The summed E-state index contributed by atoms with van der Waals surface area (Å²) < 4.78 is 0. The van der Waals surface area contributed by atoms with Crippen LogP contribution >= 0.6 is 24.8 Å². The molecule has 1 fully saturated rings. The Morgan fingerprint density at radius 3 is 2.43 bits per heavy atom. The molecule has 1 saturated heterocycles. The first-order chi connectivity index (χ1) is 8.94. The van der Waals surface area contributed by atoms with Gasteiger partial charge in [-0.2, -0.15) is 0 Å². The van der Waals surface area contributed by atoms with Crippen LogP contribution in [-0.2, 0) is 4.79 Å². The maximum absolute atomic E-state index is 11.3. The van der Waals surface area contributed by atoms with Crippen LogP contribution in [0.4, 0.5) is 0 Å². The molecule has 1 aliphatic heterocycles. The van der Waals surface area contributed by atoms with Crippen LogP contribution in [0, 0.1) is 0 Å². The number of nitrogens with one attached hydrogen (secondary N) is 1. The second kappa shape index (κ2) is 11.5. The van der Waals surface area contributed by atoms with Crippen molar-refractivity contribution in [3.05, 3.63) is 0 Å². The predicted octanol–water partition coefficient (Wildman–Crippen LogP) is 0.787. The van der Waals surface area contributed by atoms with E-state index in [1.54, 1.807) is 0 Å². The molecule has 0 saturated carbocycles. The lowest BCUT2D eigenvalue weighted by Gasteiger charge is -2.26. The average Bonchev–Trinajstić information content (AvgIpc) is 2.85. The van der Waals surface area contributed by atoms with Gasteiger partial charge in [-0.05, 0) is 45.0 Å². The van der Waals surface area contributed by atoms with Gasteiger partial charge >= 0.3 is 13.1 Å². The lowest BCUT2D eigenvalue weighted by atomic mass is 9.81. The van der Waals surface area contributed by atoms with Crippen LogP contribution in [-0.4, -0.2) is 46.4 Å². The summed E-state index contributed by atoms with van der Waals surface area (Å²) in [4.78, 5) is 11.3. The number of halogens is 2. The number of rotatable bonds is 9. The maximum Gasteiger partial charge on any atom is 0.451 e. The third-order valence-corrected chi connectivity index (χ3v) is 3.86. The quantitative estimate of drug-likeness (QED) is 0.312. The number of hydrogen-bond donors (Lipinski definition) is 5. The summed E-state index contributed by atoms with van der Waals surface area (Å²) in [5.74, 6) is -0.963. The Hall–Kier alpha value is -0.0451. The molecule has 0 aromatic carbocycles. The maximum atomic E-state index is 11.3. The molecular formula is C12H27BCl2N2O4. The van der Waals surface area contributed by atoms with Crippen molar-refractivity contribution in [3.8, 4) is 0 Å². The first kappa shape index (κ1) is 23.2. The number of hydrogen-bond acceptors (Lipinski definition) is 5. The molecule has 0 bridgehead atoms. The first-order valence-corrected chi connectivity index (χ1v) is 7.06. The molecule has 0 radical (unpaired) electrons. The summed E-state index contributed by atoms with van der Waals surface area (Å²) >= 11 is 0. The Morgan fingerprint density at radius 2 is 1.95 bits per heavy atom. The number of carbonyl (C=O) groups is 1. The van der Waals surface area contributed by atoms with E-state index in [-0.39, 0.29) is 31.1 Å². The SMILES string of the molecule is Cl.Cl.NC(CCCCB(O)O)(CC[C@@H]1CCCN1)C(=O)O. The van der Waals surface area contributed by atoms with Gasteiger partial charge in [0.2, 0.25) is 0 Å². The average molecular weight is 345 g/mol. The Balaban J connectivity index is 0. The summed E-state index contributed by atoms with van der Waals surface area (Å²) in [5.41, 5.74) is 4.79. The minimum Gasteiger partial charge on any atom is -0.480 e. The lowest BCUT2D eigenvalue weighted by Crippen LogP contribution is -2.48. The Morgan fingerprint density at radius 1 is 1.29 bits per heavy atom. The standard InChI is InChI=1S/C12H25BN2O4.2ClH/c14-12(11(16)17,6-1-2-8-13(18)19)7-5-10-4-3-9-15-10;;/h10,15,18-19H,1-9,14H2,(H,16,17);2*1H/t10-,12?;;/m0../s1. The van der Waals surface area contributed by atoms with Crippen molar-refractivity contribution < 1.29 is 19.9 Å². The van der Waals surface area contributed by atoms with Gasteiger partial charge < -0.3 is 26.2 Å². The highest BCUT2D eigenvalue weighted by atomic mass is 35.5. The van der Waals surface area contributed by atoms with Crippen LogP contribution in [0.2, 0.25) is 6.32 Å². The molecule has 1 aliphatic rings. The molecule has 0 aliphatic carbocycles. The smallest absolute Gasteiger partial charge is 0.451 e. The minimum absolute atomic E-state index is 0. The highest BCUT2D eigenvalue weighted by Crippen LogP contribution is 2.22. The molecule has 0 spiro atoms. The number of carboxylic acid groups (broad SMARTS) is 1. The Kier molecular flexibility index (Phi) is 12.7. The highest BCUT2D eigenvalue weighted by molar-refractivity contribution is 6.40. The van der Waals surface area contributed by atoms with E-state index in [2.05, 4.69) is 5.32 Å². The van der Waals surface area contributed by atoms with E-state index in [1.807, 2.05) is 0 Å². The molecule has 9 heteroatoms. The van der Waals surface area contributed by atoms with Crippen LogP contribution in [0.5, 0.6) is 0 Å². The van der Waals surface area contributed by atoms with Crippen LogP contribution in [0.25, 0.3) is 0 Å². The van der Waals surface area contributed by atoms with E-state index in [0.29, 0.717) is 31.7 Å². The lowest BCUT2D eigenvalue weighted by molar-refractivity contribution is -0.144. The van der Waals surface area contributed by atoms with Crippen molar-refractivity contribution in [2.75, 3.05) is 6.54 Å². The molecule has 1 unspecified atom stereocenters. The molecule has 0 aromatic heterocycles. The van der Waals surface area contributed by atoms with Crippen molar-refractivity contribution in [2.45, 2.75) is 62.8 Å². The minimum atomic E-state index is -1.32. The molecular weight excluding hydrogens is 318 g/mol. The van der Waals surface area contributed by atoms with Gasteiger partial charge in [0, 0.05) is 6.04 Å². The fourth-order valence-corrected chi connectivity index (χ4v) is 2.54. The number of aliphatic carboxylic acids is 1. The van der Waals surface area contributed by atoms with Crippen molar-refractivity contribution >= 4 is 37.9 Å². The van der Waals surface area contributed by atoms with E-state index in [9.17, 15) is 9.90 Å². The van der Waals surface area contributed by atoms with Gasteiger partial charge in [-0.15, -0.1) is 24.8 Å². The predicted molar refractivity (Wildman–Crippen MR) is 88.2 cm³/mol. The van der Waals surface area contributed by atoms with Gasteiger partial charge in [0.25, 0.3) is 0 Å². The molecule has 0 amide bonds. The molecule has 1 heterocycles. The third-order valence-electron chi connectivity index (χ3n) is 3.86. The monoisotopic (exact) mass is 344 g/mol. The first-order valence-electron chi connectivity index (χ1n) is 7.06. The van der Waals surface area contributed by atoms with Gasteiger partial charge in [0.1, 0.15) is 5.54 Å². The summed E-state index contributed by atoms with van der Waals surface area (Å²) in [6.45, 7) is 1.00. The zero-order chi connectivity index (χ0) is 14.3. The fraction of sp³-hybridized carbons (Fsp3) is 0.917. The largest absolute Gasteiger partial charge is 0.480 e. The summed E-state index contributed by atoms with van der Waals surface area (Å²) in [6, 6.07) is 0.390. The molecule has 126 valence electrons. The Labute approximate surface area is 138 Å². The van der Waals surface area contributed by atoms with Crippen LogP contribution in [0.3, 0.4) is 0 Å². The zero-order valence-electron chi connectivity index (χ0n) is 12.2. The van der Waals surface area contributed by atoms with Gasteiger partial charge in [-0.25, -0.2) is 0 Å². The topological polar surface area (TPSA) is 116 Å². The molecule has 6 nitrogen and oxygen atoms in total. The summed E-state index contributed by atoms with van der Waals surface area (Å²) in [5, 5.41) is 30.1. The summed E-state index contributed by atoms with van der Waals surface area (Å²) in [7, 11) is -1.32. The molecule has 2 atom stereocenters. The van der Waals surface area contributed by atoms with Gasteiger partial charge in [-0.3, -0.25) is 4.79 Å². The van der Waals surface area contributed by atoms with E-state index < -0.39 is 18.6 Å². The van der Waals surface area contributed by atoms with E-state index in [4.69, 9.17) is 15.8 Å². The highest BCUT2D eigenvalue weighted by Gasteiger charge is 2.34. The fourth-order valence-electron chi connectivity index (χ4n) is 2.54. The van der Waals surface area contributed by atoms with Gasteiger partial charge in [-0.1, -0.05) is 12.8 Å². The molecule has 6 N–H and O–H groups in total. The second-order valence-electron chi connectivity index (χ2n) is 5.52. The normalized spacial score (nSPS) is 20.0. The second-order valence-corrected chi connectivity index (χ2v) is 5.52. The van der Waals surface area contributed by atoms with Gasteiger partial charge in [0.05, 0.1) is 0 Å². The third kappa shape index (κ3) is 8.85. The van der Waals surface area contributed by atoms with Crippen LogP contribution in [0.1, 0.15) is 44.9 Å². The molecule has 21 heavy (non-hydrogen) atoms. The van der Waals surface area contributed by atoms with E-state index >= 15 is 0 Å². The number of unbranched alkanes of at least 4 members (excludes halogenated alkanes) is 1. The van der Waals surface area contributed by atoms with Crippen molar-refractivity contribution in [3.63, 3.8) is 0 Å². The van der Waals surface area contributed by atoms with Crippen molar-refractivity contribution in [1.29, 1.82) is 0 Å². The zero-order valence-corrected chi connectivity index (χ0v) is 13.8. The Bertz CT molecular complexity index is 294. The van der Waals surface area contributed by atoms with Gasteiger partial charge in [0.15, 0.2) is 0 Å². The molecule has 1 rings (SSSR count). The van der Waals surface area contributed by atoms with E-state index in [1.165, 1.54) is 0 Å². The molecule has 0 aromatic rings. The van der Waals surface area contributed by atoms with Crippen LogP contribution in [0.15, 0.2) is 0 Å². The van der Waals surface area contributed by atoms with Crippen molar-refractivity contribution in [1.82, 2.24) is 5.32 Å².